The van der Waals surface area contributed by atoms with Gasteiger partial charge in [0.15, 0.2) is 5.13 Å². The number of amides is 3. The lowest BCUT2D eigenvalue weighted by Crippen LogP contribution is -2.46. The number of carboxylic acids is 1. The zero-order chi connectivity index (χ0) is 26.4. The molecule has 0 spiro atoms. The van der Waals surface area contributed by atoms with Crippen molar-refractivity contribution in [3.05, 3.63) is 54.4 Å². The molecule has 1 fully saturated rings. The number of ether oxygens (including phenoxy) is 1. The first-order chi connectivity index (χ1) is 17.9. The molecule has 4 rings (SSSR count). The van der Waals surface area contributed by atoms with Crippen LogP contribution in [-0.4, -0.2) is 45.9 Å². The van der Waals surface area contributed by atoms with Crippen LogP contribution >= 0.6 is 23.1 Å². The fourth-order valence-electron chi connectivity index (χ4n) is 3.91. The molecule has 0 atom stereocenters. The summed E-state index contributed by atoms with van der Waals surface area (Å²) in [6, 6.07) is 11.6. The molecule has 2 N–H and O–H groups in total. The fourth-order valence-corrected chi connectivity index (χ4v) is 5.97. The summed E-state index contributed by atoms with van der Waals surface area (Å²) < 4.78 is 5.68. The van der Waals surface area contributed by atoms with Crippen molar-refractivity contribution in [1.82, 2.24) is 9.97 Å². The van der Waals surface area contributed by atoms with Gasteiger partial charge in [0, 0.05) is 12.1 Å². The number of hydrogen-bond acceptors (Lipinski definition) is 9. The molecule has 1 aliphatic rings. The topological polar surface area (TPSA) is 139 Å². The van der Waals surface area contributed by atoms with E-state index in [1.807, 2.05) is 0 Å². The quantitative estimate of drug-likeness (QED) is 0.406. The van der Waals surface area contributed by atoms with E-state index in [1.54, 1.807) is 48.7 Å². The van der Waals surface area contributed by atoms with E-state index in [4.69, 9.17) is 4.74 Å². The Hall–Kier alpha value is -3.77. The van der Waals surface area contributed by atoms with E-state index in [-0.39, 0.29) is 28.9 Å². The number of hydrogen-bond donors (Lipinski definition) is 2. The third-order valence-electron chi connectivity index (χ3n) is 5.69. The average Bonchev–Trinajstić information content (AvgIpc) is 3.55. The Labute approximate surface area is 221 Å². The van der Waals surface area contributed by atoms with Gasteiger partial charge in [0.05, 0.1) is 29.1 Å². The summed E-state index contributed by atoms with van der Waals surface area (Å²) in [5.41, 5.74) is 0.500. The van der Waals surface area contributed by atoms with Gasteiger partial charge in [-0.25, -0.2) is 14.9 Å². The van der Waals surface area contributed by atoms with Crippen molar-refractivity contribution < 1.29 is 29.0 Å². The van der Waals surface area contributed by atoms with E-state index in [0.717, 1.165) is 29.1 Å². The van der Waals surface area contributed by atoms with Crippen LogP contribution in [0.25, 0.3) is 0 Å². The van der Waals surface area contributed by atoms with E-state index < -0.39 is 23.7 Å². The van der Waals surface area contributed by atoms with Crippen molar-refractivity contribution >= 4 is 57.6 Å². The van der Waals surface area contributed by atoms with Gasteiger partial charge in [-0.15, -0.1) is 0 Å². The minimum atomic E-state index is -1.09. The maximum absolute atomic E-state index is 13.3. The Morgan fingerprint density at radius 2 is 1.86 bits per heavy atom. The van der Waals surface area contributed by atoms with Gasteiger partial charge in [0.25, 0.3) is 0 Å². The number of nitrogens with zero attached hydrogens (tertiary/aromatic N) is 3. The molecule has 37 heavy (non-hydrogen) atoms. The highest BCUT2D eigenvalue weighted by Crippen LogP contribution is 2.37. The Morgan fingerprint density at radius 1 is 1.14 bits per heavy atom. The van der Waals surface area contributed by atoms with Gasteiger partial charge in [-0.3, -0.25) is 24.5 Å². The van der Waals surface area contributed by atoms with E-state index in [2.05, 4.69) is 15.3 Å². The smallest absolute Gasteiger partial charge is 0.323 e. The summed E-state index contributed by atoms with van der Waals surface area (Å²) in [6.07, 6.45) is 4.31. The van der Waals surface area contributed by atoms with Crippen molar-refractivity contribution in [2.24, 2.45) is 5.92 Å². The number of benzene rings is 1. The average molecular weight is 541 g/mol. The monoisotopic (exact) mass is 540 g/mol. The number of aromatic nitrogens is 2. The maximum atomic E-state index is 13.3. The number of methoxy groups -OCH3 is 1. The van der Waals surface area contributed by atoms with Crippen molar-refractivity contribution in [3.63, 3.8) is 0 Å². The standard InChI is InChI=1S/C25H24N4O6S2/c1-35-17-11-9-16(10-12-17)29(22(33)15-6-2-3-7-15)23(34)21(32)28-25-27-18(14-20(30)31)24(37-25)36-19-8-4-5-13-26-19/h4-5,8-13,15H,2-3,6-7,14H2,1H3,(H,30,31)(H,27,28,32). The number of carbonyl (C=O) groups excluding carboxylic acids is 3. The molecule has 0 bridgehead atoms. The minimum Gasteiger partial charge on any atom is -0.497 e. The molecule has 12 heteroatoms. The third kappa shape index (κ3) is 6.52. The van der Waals surface area contributed by atoms with Crippen LogP contribution in [0.3, 0.4) is 0 Å². The number of carboxylic acid groups (broad SMARTS) is 1. The molecule has 0 unspecified atom stereocenters. The minimum absolute atomic E-state index is 0.0519. The number of aliphatic carboxylic acids is 1. The second-order valence-electron chi connectivity index (χ2n) is 8.21. The highest BCUT2D eigenvalue weighted by molar-refractivity contribution is 8.01. The van der Waals surface area contributed by atoms with Gasteiger partial charge in [-0.2, -0.15) is 0 Å². The highest BCUT2D eigenvalue weighted by atomic mass is 32.2. The van der Waals surface area contributed by atoms with E-state index in [0.29, 0.717) is 27.8 Å². The Balaban J connectivity index is 1.58. The lowest BCUT2D eigenvalue weighted by Gasteiger charge is -2.23. The number of nitrogens with one attached hydrogen (secondary N) is 1. The van der Waals surface area contributed by atoms with Crippen molar-refractivity contribution in [1.29, 1.82) is 0 Å². The molecule has 2 aromatic heterocycles. The first-order valence-electron chi connectivity index (χ1n) is 11.5. The summed E-state index contributed by atoms with van der Waals surface area (Å²) in [7, 11) is 1.50. The molecule has 0 aliphatic heterocycles. The fraction of sp³-hybridized carbons (Fsp3) is 0.280. The van der Waals surface area contributed by atoms with Crippen LogP contribution in [0.1, 0.15) is 31.4 Å². The highest BCUT2D eigenvalue weighted by Gasteiger charge is 2.35. The van der Waals surface area contributed by atoms with Crippen LogP contribution in [0.2, 0.25) is 0 Å². The van der Waals surface area contributed by atoms with Crippen LogP contribution in [0.15, 0.2) is 57.9 Å². The zero-order valence-electron chi connectivity index (χ0n) is 19.9. The van der Waals surface area contributed by atoms with Crippen molar-refractivity contribution in [2.75, 3.05) is 17.3 Å². The Morgan fingerprint density at radius 3 is 2.49 bits per heavy atom. The molecular weight excluding hydrogens is 516 g/mol. The van der Waals surface area contributed by atoms with Gasteiger partial charge in [0.1, 0.15) is 10.8 Å². The molecule has 0 radical (unpaired) electrons. The maximum Gasteiger partial charge on any atom is 0.323 e. The van der Waals surface area contributed by atoms with E-state index >= 15 is 0 Å². The first kappa shape index (κ1) is 26.3. The van der Waals surface area contributed by atoms with Crippen LogP contribution in [0.4, 0.5) is 10.8 Å². The molecule has 1 saturated carbocycles. The van der Waals surface area contributed by atoms with Gasteiger partial charge < -0.3 is 9.84 Å². The molecule has 192 valence electrons. The molecule has 10 nitrogen and oxygen atoms in total. The molecule has 3 amide bonds. The predicted molar refractivity (Wildman–Crippen MR) is 138 cm³/mol. The summed E-state index contributed by atoms with van der Waals surface area (Å²) in [5.74, 6) is -3.42. The second kappa shape index (κ2) is 12.0. The zero-order valence-corrected chi connectivity index (χ0v) is 21.5. The number of pyridine rings is 1. The SMILES string of the molecule is COc1ccc(N(C(=O)C(=O)Nc2nc(CC(=O)O)c(Sc3ccccn3)s2)C(=O)C2CCCC2)cc1. The van der Waals surface area contributed by atoms with Gasteiger partial charge in [-0.05, 0) is 49.2 Å². The number of rotatable bonds is 8. The van der Waals surface area contributed by atoms with Gasteiger partial charge in [0.2, 0.25) is 5.91 Å². The lowest BCUT2D eigenvalue weighted by molar-refractivity contribution is -0.138. The second-order valence-corrected chi connectivity index (χ2v) is 10.5. The summed E-state index contributed by atoms with van der Waals surface area (Å²) >= 11 is 2.24. The van der Waals surface area contributed by atoms with Crippen LogP contribution in [0.5, 0.6) is 5.75 Å². The largest absolute Gasteiger partial charge is 0.497 e. The summed E-state index contributed by atoms with van der Waals surface area (Å²) in [6.45, 7) is 0. The number of carbonyl (C=O) groups is 4. The van der Waals surface area contributed by atoms with Crippen LogP contribution in [-0.2, 0) is 25.6 Å². The molecule has 3 aromatic rings. The van der Waals surface area contributed by atoms with Gasteiger partial charge >= 0.3 is 17.8 Å². The number of anilines is 2. The first-order valence-corrected chi connectivity index (χ1v) is 13.1. The number of imide groups is 1. The van der Waals surface area contributed by atoms with E-state index in [9.17, 15) is 24.3 Å². The van der Waals surface area contributed by atoms with Crippen LogP contribution < -0.4 is 15.0 Å². The molecule has 1 aromatic carbocycles. The number of thiazole rings is 1. The molecule has 2 heterocycles. The van der Waals surface area contributed by atoms with Gasteiger partial charge in [-0.1, -0.05) is 42.0 Å². The lowest BCUT2D eigenvalue weighted by atomic mass is 10.1. The van der Waals surface area contributed by atoms with E-state index in [1.165, 1.54) is 18.9 Å². The summed E-state index contributed by atoms with van der Waals surface area (Å²) in [4.78, 5) is 60.3. The Bertz CT molecular complexity index is 1290. The molecule has 0 saturated heterocycles. The summed E-state index contributed by atoms with van der Waals surface area (Å²) in [5, 5.41) is 12.4. The molecule has 1 aliphatic carbocycles. The van der Waals surface area contributed by atoms with Crippen LogP contribution in [0, 0.1) is 5.92 Å². The van der Waals surface area contributed by atoms with Crippen molar-refractivity contribution in [3.8, 4) is 5.75 Å². The normalized spacial score (nSPS) is 13.2. The Kier molecular flexibility index (Phi) is 8.51. The molecular formula is C25H24N4O6S2. The predicted octanol–water partition coefficient (Wildman–Crippen LogP) is 4.01. The third-order valence-corrected chi connectivity index (χ3v) is 7.87. The van der Waals surface area contributed by atoms with Crippen molar-refractivity contribution in [2.45, 2.75) is 41.3 Å².